The SMILES string of the molecule is CCNC(=NCc1ccc(C(=O)N(C)C)cc1)NCc1cc(OC)ccc1OC(F)F.I. The number of halogens is 3. The monoisotopic (exact) mass is 562 g/mol. The van der Waals surface area contributed by atoms with Crippen LogP contribution >= 0.6 is 24.0 Å². The molecular weight excluding hydrogens is 533 g/mol. The van der Waals surface area contributed by atoms with Crippen LogP contribution in [0.2, 0.25) is 0 Å². The highest BCUT2D eigenvalue weighted by molar-refractivity contribution is 14.0. The number of hydrogen-bond acceptors (Lipinski definition) is 4. The predicted octanol–water partition coefficient (Wildman–Crippen LogP) is 3.87. The summed E-state index contributed by atoms with van der Waals surface area (Å²) in [5.41, 5.74) is 2.04. The maximum Gasteiger partial charge on any atom is 0.387 e. The van der Waals surface area contributed by atoms with E-state index in [1.54, 1.807) is 38.4 Å². The second-order valence-corrected chi connectivity index (χ2v) is 6.80. The first-order valence-electron chi connectivity index (χ1n) is 9.78. The molecule has 0 aliphatic rings. The van der Waals surface area contributed by atoms with E-state index in [1.165, 1.54) is 18.1 Å². The molecule has 0 heterocycles. The summed E-state index contributed by atoms with van der Waals surface area (Å²) in [6.07, 6.45) is 0. The molecule has 2 N–H and O–H groups in total. The summed E-state index contributed by atoms with van der Waals surface area (Å²) >= 11 is 0. The lowest BCUT2D eigenvalue weighted by molar-refractivity contribution is -0.0505. The van der Waals surface area contributed by atoms with Gasteiger partial charge in [-0.05, 0) is 42.8 Å². The number of nitrogens with zero attached hydrogens (tertiary/aromatic N) is 2. The van der Waals surface area contributed by atoms with Crippen LogP contribution in [-0.2, 0) is 13.1 Å². The molecule has 0 aliphatic heterocycles. The highest BCUT2D eigenvalue weighted by Gasteiger charge is 2.12. The van der Waals surface area contributed by atoms with Crippen LogP contribution in [0.25, 0.3) is 0 Å². The van der Waals surface area contributed by atoms with Gasteiger partial charge in [-0.1, -0.05) is 12.1 Å². The van der Waals surface area contributed by atoms with Crippen LogP contribution in [0.15, 0.2) is 47.5 Å². The zero-order valence-electron chi connectivity index (χ0n) is 18.5. The molecule has 2 aromatic carbocycles. The molecule has 0 atom stereocenters. The number of methoxy groups -OCH3 is 1. The van der Waals surface area contributed by atoms with Crippen LogP contribution in [0.3, 0.4) is 0 Å². The Bertz CT molecular complexity index is 893. The third kappa shape index (κ3) is 8.48. The number of aliphatic imine (C=N–C) groups is 1. The Morgan fingerprint density at radius 1 is 1.12 bits per heavy atom. The Morgan fingerprint density at radius 3 is 2.38 bits per heavy atom. The van der Waals surface area contributed by atoms with Gasteiger partial charge in [-0.2, -0.15) is 8.78 Å². The summed E-state index contributed by atoms with van der Waals surface area (Å²) in [7, 11) is 4.91. The molecule has 0 saturated heterocycles. The summed E-state index contributed by atoms with van der Waals surface area (Å²) in [4.78, 5) is 18.0. The molecule has 1 amide bonds. The van der Waals surface area contributed by atoms with Gasteiger partial charge in [-0.15, -0.1) is 24.0 Å². The summed E-state index contributed by atoms with van der Waals surface area (Å²) in [6, 6.07) is 11.9. The lowest BCUT2D eigenvalue weighted by Gasteiger charge is -2.15. The van der Waals surface area contributed by atoms with Gasteiger partial charge in [-0.3, -0.25) is 4.79 Å². The third-order valence-electron chi connectivity index (χ3n) is 4.30. The lowest BCUT2D eigenvalue weighted by atomic mass is 10.1. The van der Waals surface area contributed by atoms with Gasteiger partial charge in [0.1, 0.15) is 11.5 Å². The van der Waals surface area contributed by atoms with Crippen molar-refractivity contribution in [2.24, 2.45) is 4.99 Å². The largest absolute Gasteiger partial charge is 0.497 e. The number of amides is 1. The van der Waals surface area contributed by atoms with Crippen LogP contribution < -0.4 is 20.1 Å². The molecule has 32 heavy (non-hydrogen) atoms. The summed E-state index contributed by atoms with van der Waals surface area (Å²) in [6.45, 7) is 0.221. The minimum absolute atomic E-state index is 0. The van der Waals surface area contributed by atoms with E-state index < -0.39 is 6.61 Å². The first-order chi connectivity index (χ1) is 14.8. The minimum Gasteiger partial charge on any atom is -0.497 e. The van der Waals surface area contributed by atoms with Gasteiger partial charge in [0.15, 0.2) is 5.96 Å². The van der Waals surface area contributed by atoms with Gasteiger partial charge in [0.2, 0.25) is 0 Å². The van der Waals surface area contributed by atoms with Crippen molar-refractivity contribution in [1.29, 1.82) is 0 Å². The van der Waals surface area contributed by atoms with Crippen LogP contribution in [0, 0.1) is 0 Å². The summed E-state index contributed by atoms with van der Waals surface area (Å²) < 4.78 is 35.2. The van der Waals surface area contributed by atoms with Crippen molar-refractivity contribution in [3.8, 4) is 11.5 Å². The van der Waals surface area contributed by atoms with E-state index in [9.17, 15) is 13.6 Å². The topological polar surface area (TPSA) is 75.2 Å². The Balaban J connectivity index is 0.00000512. The average Bonchev–Trinajstić information content (AvgIpc) is 2.75. The van der Waals surface area contributed by atoms with E-state index in [2.05, 4.69) is 20.4 Å². The van der Waals surface area contributed by atoms with Gasteiger partial charge in [-0.25, -0.2) is 4.99 Å². The van der Waals surface area contributed by atoms with Crippen molar-refractivity contribution < 1.29 is 23.0 Å². The molecule has 0 aromatic heterocycles. The van der Waals surface area contributed by atoms with E-state index in [0.29, 0.717) is 35.9 Å². The van der Waals surface area contributed by atoms with E-state index in [4.69, 9.17) is 4.74 Å². The molecule has 2 aromatic rings. The van der Waals surface area contributed by atoms with Gasteiger partial charge >= 0.3 is 6.61 Å². The van der Waals surface area contributed by atoms with E-state index in [-0.39, 0.29) is 42.2 Å². The molecular formula is C22H29F2IN4O3. The number of guanidine groups is 1. The fraction of sp³-hybridized carbons (Fsp3) is 0.364. The first kappa shape index (κ1) is 27.4. The Hall–Kier alpha value is -2.63. The van der Waals surface area contributed by atoms with Crippen molar-refractivity contribution in [2.45, 2.75) is 26.6 Å². The second kappa shape index (κ2) is 13.7. The van der Waals surface area contributed by atoms with Crippen molar-refractivity contribution in [3.63, 3.8) is 0 Å². The number of benzene rings is 2. The molecule has 0 aliphatic carbocycles. The van der Waals surface area contributed by atoms with Crippen molar-refractivity contribution >= 4 is 35.8 Å². The number of hydrogen-bond donors (Lipinski definition) is 2. The van der Waals surface area contributed by atoms with Gasteiger partial charge in [0.25, 0.3) is 5.91 Å². The van der Waals surface area contributed by atoms with Crippen molar-refractivity contribution in [3.05, 3.63) is 59.2 Å². The molecule has 2 rings (SSSR count). The smallest absolute Gasteiger partial charge is 0.387 e. The number of nitrogens with one attached hydrogen (secondary N) is 2. The molecule has 10 heteroatoms. The zero-order chi connectivity index (χ0) is 22.8. The molecule has 0 spiro atoms. The molecule has 0 bridgehead atoms. The van der Waals surface area contributed by atoms with E-state index >= 15 is 0 Å². The second-order valence-electron chi connectivity index (χ2n) is 6.80. The van der Waals surface area contributed by atoms with E-state index in [1.807, 2.05) is 19.1 Å². The Kier molecular flexibility index (Phi) is 11.7. The highest BCUT2D eigenvalue weighted by atomic mass is 127. The number of rotatable bonds is 9. The Morgan fingerprint density at radius 2 is 1.81 bits per heavy atom. The minimum atomic E-state index is -2.92. The zero-order valence-corrected chi connectivity index (χ0v) is 20.9. The standard InChI is InChI=1S/C22H28F2N4O3.HI/c1-5-25-22(26-13-15-6-8-16(9-7-15)20(29)28(2)3)27-14-17-12-18(30-4)10-11-19(17)31-21(23)24;/h6-12,21H,5,13-14H2,1-4H3,(H2,25,26,27);1H. The van der Waals surface area contributed by atoms with Crippen LogP contribution in [0.1, 0.15) is 28.4 Å². The fourth-order valence-corrected chi connectivity index (χ4v) is 2.73. The van der Waals surface area contributed by atoms with E-state index in [0.717, 1.165) is 5.56 Å². The third-order valence-corrected chi connectivity index (χ3v) is 4.30. The average molecular weight is 562 g/mol. The fourth-order valence-electron chi connectivity index (χ4n) is 2.73. The number of alkyl halides is 2. The van der Waals surface area contributed by atoms with Gasteiger partial charge in [0.05, 0.1) is 13.7 Å². The molecule has 0 fully saturated rings. The number of ether oxygens (including phenoxy) is 2. The maximum atomic E-state index is 12.7. The molecule has 0 radical (unpaired) electrons. The number of carbonyl (C=O) groups is 1. The van der Waals surface area contributed by atoms with Gasteiger partial charge in [0, 0.05) is 38.3 Å². The molecule has 176 valence electrons. The number of carbonyl (C=O) groups excluding carboxylic acids is 1. The van der Waals surface area contributed by atoms with Crippen molar-refractivity contribution in [2.75, 3.05) is 27.7 Å². The predicted molar refractivity (Wildman–Crippen MR) is 131 cm³/mol. The van der Waals surface area contributed by atoms with Crippen molar-refractivity contribution in [1.82, 2.24) is 15.5 Å². The van der Waals surface area contributed by atoms with Gasteiger partial charge < -0.3 is 25.0 Å². The maximum absolute atomic E-state index is 12.7. The normalized spacial score (nSPS) is 10.9. The molecule has 0 unspecified atom stereocenters. The molecule has 0 saturated carbocycles. The van der Waals surface area contributed by atoms with Crippen LogP contribution in [-0.4, -0.2) is 51.1 Å². The summed E-state index contributed by atoms with van der Waals surface area (Å²) in [5, 5.41) is 6.23. The van der Waals surface area contributed by atoms with Crippen LogP contribution in [0.5, 0.6) is 11.5 Å². The lowest BCUT2D eigenvalue weighted by Crippen LogP contribution is -2.36. The quantitative estimate of drug-likeness (QED) is 0.276. The summed E-state index contributed by atoms with van der Waals surface area (Å²) in [5.74, 6) is 1.06. The molecule has 7 nitrogen and oxygen atoms in total. The first-order valence-corrected chi connectivity index (χ1v) is 9.78. The highest BCUT2D eigenvalue weighted by Crippen LogP contribution is 2.25. The van der Waals surface area contributed by atoms with Crippen LogP contribution in [0.4, 0.5) is 8.78 Å². The Labute approximate surface area is 204 Å².